The van der Waals surface area contributed by atoms with E-state index in [0.717, 1.165) is 27.2 Å². The molecule has 0 aliphatic carbocycles. The maximum Gasteiger partial charge on any atom is 0.573 e. The van der Waals surface area contributed by atoms with Crippen molar-refractivity contribution in [2.45, 2.75) is 32.4 Å². The third-order valence-electron chi connectivity index (χ3n) is 5.63. The zero-order chi connectivity index (χ0) is 27.7. The van der Waals surface area contributed by atoms with Gasteiger partial charge in [-0.1, -0.05) is 54.1 Å². The lowest BCUT2D eigenvalue weighted by atomic mass is 10.1. The Hall–Kier alpha value is -3.76. The Morgan fingerprint density at radius 2 is 1.67 bits per heavy atom. The minimum atomic E-state index is -4.75. The first-order valence-electron chi connectivity index (χ1n) is 12.1. The van der Waals surface area contributed by atoms with Gasteiger partial charge in [0.2, 0.25) is 0 Å². The summed E-state index contributed by atoms with van der Waals surface area (Å²) in [7, 11) is 0. The fraction of sp³-hybridized carbons (Fsp3) is 0.214. The lowest BCUT2D eigenvalue weighted by molar-refractivity contribution is -0.274. The molecule has 1 aromatic heterocycles. The minimum absolute atomic E-state index is 0.262. The molecule has 0 atom stereocenters. The van der Waals surface area contributed by atoms with E-state index in [0.29, 0.717) is 37.6 Å². The Balaban J connectivity index is 1.45. The molecule has 0 radical (unpaired) electrons. The van der Waals surface area contributed by atoms with Gasteiger partial charge < -0.3 is 19.9 Å². The van der Waals surface area contributed by atoms with E-state index in [1.807, 2.05) is 52.4 Å². The highest BCUT2D eigenvalue weighted by Crippen LogP contribution is 2.27. The van der Waals surface area contributed by atoms with Crippen LogP contribution in [0, 0.1) is 0 Å². The second-order valence-electron chi connectivity index (χ2n) is 8.52. The number of urea groups is 1. The van der Waals surface area contributed by atoms with E-state index in [1.165, 1.54) is 23.5 Å². The molecule has 0 bridgehead atoms. The van der Waals surface area contributed by atoms with Crippen molar-refractivity contribution >= 4 is 29.0 Å². The van der Waals surface area contributed by atoms with Crippen LogP contribution in [-0.4, -0.2) is 23.5 Å². The van der Waals surface area contributed by atoms with Gasteiger partial charge >= 0.3 is 12.4 Å². The molecule has 2 amide bonds. The summed E-state index contributed by atoms with van der Waals surface area (Å²) < 4.78 is 43.7. The van der Waals surface area contributed by atoms with Gasteiger partial charge in [-0.25, -0.2) is 4.79 Å². The maximum atomic E-state index is 12.6. The molecule has 204 valence electrons. The molecule has 3 aromatic carbocycles. The molecule has 6 nitrogen and oxygen atoms in total. The van der Waals surface area contributed by atoms with Crippen LogP contribution in [0.2, 0.25) is 5.02 Å². The molecule has 0 saturated heterocycles. The molecule has 0 spiro atoms. The molecule has 0 saturated carbocycles. The van der Waals surface area contributed by atoms with Crippen LogP contribution < -0.4 is 20.2 Å². The Bertz CT molecular complexity index is 1420. The van der Waals surface area contributed by atoms with Crippen LogP contribution in [0.25, 0.3) is 11.3 Å². The number of nitrogens with one attached hydrogen (secondary N) is 2. The quantitative estimate of drug-likeness (QED) is 0.206. The van der Waals surface area contributed by atoms with Crippen LogP contribution >= 0.6 is 22.9 Å². The smallest absolute Gasteiger partial charge is 0.406 e. The van der Waals surface area contributed by atoms with Gasteiger partial charge in [0.1, 0.15) is 5.75 Å². The third kappa shape index (κ3) is 8.90. The number of aromatic nitrogens is 1. The molecule has 4 aromatic rings. The maximum absolute atomic E-state index is 12.6. The van der Waals surface area contributed by atoms with E-state index in [2.05, 4.69) is 15.4 Å². The highest BCUT2D eigenvalue weighted by Gasteiger charge is 2.31. The molecule has 0 fully saturated rings. The number of carbonyl (C=O) groups excluding carboxylic acids is 1. The molecular formula is C28H26ClF3N4O2S. The van der Waals surface area contributed by atoms with Gasteiger partial charge in [0.05, 0.1) is 12.2 Å². The molecule has 2 N–H and O–H groups in total. The van der Waals surface area contributed by atoms with Crippen LogP contribution in [0.3, 0.4) is 0 Å². The molecule has 11 heteroatoms. The van der Waals surface area contributed by atoms with Crippen LogP contribution in [0.4, 0.5) is 18.0 Å². The first kappa shape index (κ1) is 28.3. The number of thiazole rings is 1. The zero-order valence-electron chi connectivity index (χ0n) is 20.7. The number of alkyl halides is 3. The van der Waals surface area contributed by atoms with Crippen LogP contribution in [-0.2, 0) is 19.6 Å². The van der Waals surface area contributed by atoms with Gasteiger partial charge in [0.15, 0.2) is 4.80 Å². The number of ether oxygens (including phenoxy) is 1. The van der Waals surface area contributed by atoms with Gasteiger partial charge in [-0.3, -0.25) is 4.99 Å². The molecular weight excluding hydrogens is 549 g/mol. The summed E-state index contributed by atoms with van der Waals surface area (Å²) in [5.74, 6) is -0.286. The van der Waals surface area contributed by atoms with E-state index in [9.17, 15) is 18.0 Å². The second kappa shape index (κ2) is 13.3. The van der Waals surface area contributed by atoms with Gasteiger partial charge in [0, 0.05) is 30.0 Å². The molecule has 0 unspecified atom stereocenters. The number of rotatable bonds is 10. The predicted octanol–water partition coefficient (Wildman–Crippen LogP) is 6.76. The summed E-state index contributed by atoms with van der Waals surface area (Å²) in [4.78, 5) is 17.7. The number of amides is 2. The highest BCUT2D eigenvalue weighted by molar-refractivity contribution is 7.07. The topological polar surface area (TPSA) is 67.7 Å². The van der Waals surface area contributed by atoms with Gasteiger partial charge in [-0.2, -0.15) is 0 Å². The van der Waals surface area contributed by atoms with Crippen molar-refractivity contribution in [3.63, 3.8) is 0 Å². The number of halogens is 4. The summed E-state index contributed by atoms with van der Waals surface area (Å²) in [6.07, 6.45) is -4.14. The van der Waals surface area contributed by atoms with E-state index < -0.39 is 6.36 Å². The SMILES string of the molecule is O=C(NCCCn1c(-c2ccc(OC(F)(F)F)cc2)cs/c1=N\Cc1ccc(Cl)cc1)NCc1ccccc1. The van der Waals surface area contributed by atoms with E-state index >= 15 is 0 Å². The molecule has 0 aliphatic rings. The summed E-state index contributed by atoms with van der Waals surface area (Å²) in [6, 6.07) is 22.5. The predicted molar refractivity (Wildman–Crippen MR) is 146 cm³/mol. The van der Waals surface area contributed by atoms with Crippen molar-refractivity contribution in [1.82, 2.24) is 15.2 Å². The van der Waals surface area contributed by atoms with Crippen molar-refractivity contribution in [3.05, 3.63) is 105 Å². The fourth-order valence-electron chi connectivity index (χ4n) is 3.76. The van der Waals surface area contributed by atoms with E-state index in [1.54, 1.807) is 24.3 Å². The Morgan fingerprint density at radius 3 is 2.36 bits per heavy atom. The average molecular weight is 575 g/mol. The minimum Gasteiger partial charge on any atom is -0.406 e. The monoisotopic (exact) mass is 574 g/mol. The van der Waals surface area contributed by atoms with E-state index in [-0.39, 0.29) is 11.8 Å². The third-order valence-corrected chi connectivity index (χ3v) is 6.78. The zero-order valence-corrected chi connectivity index (χ0v) is 22.3. The van der Waals surface area contributed by atoms with Crippen LogP contribution in [0.15, 0.2) is 89.2 Å². The molecule has 4 rings (SSSR count). The molecule has 39 heavy (non-hydrogen) atoms. The normalized spacial score (nSPS) is 11.8. The lowest BCUT2D eigenvalue weighted by Crippen LogP contribution is -2.36. The summed E-state index contributed by atoms with van der Waals surface area (Å²) in [5.41, 5.74) is 3.53. The Morgan fingerprint density at radius 1 is 0.949 bits per heavy atom. The Kier molecular flexibility index (Phi) is 9.67. The summed E-state index contributed by atoms with van der Waals surface area (Å²) >= 11 is 7.41. The number of carbonyl (C=O) groups is 1. The van der Waals surface area contributed by atoms with Crippen molar-refractivity contribution < 1.29 is 22.7 Å². The number of hydrogen-bond donors (Lipinski definition) is 2. The van der Waals surface area contributed by atoms with Crippen molar-refractivity contribution in [3.8, 4) is 17.0 Å². The highest BCUT2D eigenvalue weighted by atomic mass is 35.5. The van der Waals surface area contributed by atoms with Gasteiger partial charge in [-0.15, -0.1) is 24.5 Å². The van der Waals surface area contributed by atoms with E-state index in [4.69, 9.17) is 16.6 Å². The van der Waals surface area contributed by atoms with Crippen molar-refractivity contribution in [2.24, 2.45) is 4.99 Å². The molecule has 1 heterocycles. The number of benzene rings is 3. The fourth-order valence-corrected chi connectivity index (χ4v) is 4.82. The van der Waals surface area contributed by atoms with Crippen molar-refractivity contribution in [2.75, 3.05) is 6.54 Å². The molecule has 0 aliphatic heterocycles. The number of nitrogens with zero attached hydrogens (tertiary/aromatic N) is 2. The first-order valence-corrected chi connectivity index (χ1v) is 13.4. The summed E-state index contributed by atoms with van der Waals surface area (Å²) in [5, 5.41) is 8.25. The van der Waals surface area contributed by atoms with Crippen LogP contribution in [0.1, 0.15) is 17.5 Å². The average Bonchev–Trinajstić information content (AvgIpc) is 3.32. The number of hydrogen-bond acceptors (Lipinski definition) is 4. The van der Waals surface area contributed by atoms with Gasteiger partial charge in [0.25, 0.3) is 0 Å². The van der Waals surface area contributed by atoms with Crippen LogP contribution in [0.5, 0.6) is 5.75 Å². The second-order valence-corrected chi connectivity index (χ2v) is 9.79. The first-order chi connectivity index (χ1) is 18.8. The standard InChI is InChI=1S/C28H26ClF3N4O2S/c29-23-11-7-21(8-12-23)18-35-27-36(16-4-15-33-26(37)34-17-20-5-2-1-3-6-20)25(19-39-27)22-9-13-24(14-10-22)38-28(30,31)32/h1-3,5-14,19H,4,15-18H2,(H2,33,34,37)/b35-27-. The summed E-state index contributed by atoms with van der Waals surface area (Å²) in [6.45, 7) is 1.84. The van der Waals surface area contributed by atoms with Crippen molar-refractivity contribution in [1.29, 1.82) is 0 Å². The van der Waals surface area contributed by atoms with Gasteiger partial charge in [-0.05, 0) is 59.5 Å². The largest absolute Gasteiger partial charge is 0.573 e. The Labute approximate surface area is 232 Å². The lowest BCUT2D eigenvalue weighted by Gasteiger charge is -2.12.